The summed E-state index contributed by atoms with van der Waals surface area (Å²) in [4.78, 5) is 38.0. The Bertz CT molecular complexity index is 905. The minimum atomic E-state index is -0.228. The van der Waals surface area contributed by atoms with Gasteiger partial charge in [-0.15, -0.1) is 0 Å². The number of carbonyl (C=O) groups is 3. The first-order valence-electron chi connectivity index (χ1n) is 9.98. The fraction of sp³-hybridized carbons (Fsp3) is 0.318. The van der Waals surface area contributed by atoms with Gasteiger partial charge >= 0.3 is 6.03 Å². The van der Waals surface area contributed by atoms with E-state index in [1.807, 2.05) is 12.1 Å². The van der Waals surface area contributed by atoms with Gasteiger partial charge in [0, 0.05) is 41.6 Å². The van der Waals surface area contributed by atoms with Gasteiger partial charge in [-0.25, -0.2) is 4.79 Å². The quantitative estimate of drug-likeness (QED) is 0.724. The van der Waals surface area contributed by atoms with E-state index in [-0.39, 0.29) is 17.8 Å². The topological polar surface area (TPSA) is 90.5 Å². The summed E-state index contributed by atoms with van der Waals surface area (Å²) in [6, 6.07) is 14.1. The van der Waals surface area contributed by atoms with Gasteiger partial charge in [0.2, 0.25) is 5.91 Å². The number of urea groups is 1. The number of nitrogens with zero attached hydrogens (tertiary/aromatic N) is 1. The molecule has 0 spiro atoms. The van der Waals surface area contributed by atoms with Crippen LogP contribution in [0.25, 0.3) is 0 Å². The van der Waals surface area contributed by atoms with Gasteiger partial charge in [0.25, 0.3) is 5.91 Å². The van der Waals surface area contributed by atoms with Crippen LogP contribution in [0.15, 0.2) is 48.5 Å². The zero-order valence-corrected chi connectivity index (χ0v) is 16.1. The molecule has 4 amide bonds. The van der Waals surface area contributed by atoms with Crippen molar-refractivity contribution >= 4 is 34.9 Å². The van der Waals surface area contributed by atoms with Crippen molar-refractivity contribution < 1.29 is 14.4 Å². The van der Waals surface area contributed by atoms with E-state index in [1.165, 1.54) is 0 Å². The molecule has 7 nitrogen and oxygen atoms in total. The van der Waals surface area contributed by atoms with Crippen LogP contribution < -0.4 is 20.9 Å². The van der Waals surface area contributed by atoms with E-state index in [1.54, 1.807) is 41.3 Å². The summed E-state index contributed by atoms with van der Waals surface area (Å²) in [7, 11) is 0. The van der Waals surface area contributed by atoms with Gasteiger partial charge in [0.05, 0.1) is 0 Å². The Balaban J connectivity index is 1.33. The molecular formula is C22H24N4O3. The SMILES string of the molecule is O=C(Nc1ccc(NC(=O)c2ccc(N3CCCCC3=O)cc2)cc1)NC1CC1. The number of hydrogen-bond donors (Lipinski definition) is 3. The van der Waals surface area contributed by atoms with Crippen molar-refractivity contribution in [1.82, 2.24) is 5.32 Å². The molecule has 2 fully saturated rings. The second-order valence-corrected chi connectivity index (χ2v) is 7.45. The Morgan fingerprint density at radius 2 is 1.52 bits per heavy atom. The Kier molecular flexibility index (Phi) is 5.46. The maximum atomic E-state index is 12.5. The summed E-state index contributed by atoms with van der Waals surface area (Å²) in [6.07, 6.45) is 4.59. The van der Waals surface area contributed by atoms with Gasteiger partial charge < -0.3 is 20.9 Å². The molecule has 0 atom stereocenters. The highest BCUT2D eigenvalue weighted by Crippen LogP contribution is 2.22. The Hall–Kier alpha value is -3.35. The van der Waals surface area contributed by atoms with Crippen LogP contribution in [0.3, 0.4) is 0 Å². The monoisotopic (exact) mass is 392 g/mol. The van der Waals surface area contributed by atoms with Crippen LogP contribution in [0, 0.1) is 0 Å². The predicted molar refractivity (Wildman–Crippen MR) is 112 cm³/mol. The number of anilines is 3. The molecule has 1 aliphatic heterocycles. The number of nitrogens with one attached hydrogen (secondary N) is 3. The van der Waals surface area contributed by atoms with Crippen LogP contribution in [-0.2, 0) is 4.79 Å². The molecule has 7 heteroatoms. The Morgan fingerprint density at radius 1 is 0.862 bits per heavy atom. The summed E-state index contributed by atoms with van der Waals surface area (Å²) in [6.45, 7) is 0.726. The molecule has 0 unspecified atom stereocenters. The standard InChI is InChI=1S/C22H24N4O3/c27-20-3-1-2-14-26(20)19-12-4-15(5-13-19)21(28)23-16-6-8-17(9-7-16)24-22(29)25-18-10-11-18/h4-9,12-13,18H,1-3,10-11,14H2,(H,23,28)(H2,24,25,29). The predicted octanol–water partition coefficient (Wildman–Crippen LogP) is 3.74. The fourth-order valence-electron chi connectivity index (χ4n) is 3.29. The minimum Gasteiger partial charge on any atom is -0.335 e. The molecule has 0 bridgehead atoms. The van der Waals surface area contributed by atoms with Crippen molar-refractivity contribution in [1.29, 1.82) is 0 Å². The van der Waals surface area contributed by atoms with E-state index in [9.17, 15) is 14.4 Å². The van der Waals surface area contributed by atoms with Crippen LogP contribution in [-0.4, -0.2) is 30.4 Å². The first kappa shape index (κ1) is 19.0. The average Bonchev–Trinajstić information content (AvgIpc) is 3.54. The maximum absolute atomic E-state index is 12.5. The summed E-state index contributed by atoms with van der Waals surface area (Å²) in [5.74, 6) is -0.0957. The number of piperidine rings is 1. The molecule has 1 saturated carbocycles. The Labute approximate surface area is 169 Å². The van der Waals surface area contributed by atoms with Gasteiger partial charge in [-0.05, 0) is 74.2 Å². The molecule has 0 aromatic heterocycles. The molecule has 0 radical (unpaired) electrons. The number of hydrogen-bond acceptors (Lipinski definition) is 3. The summed E-state index contributed by atoms with van der Waals surface area (Å²) in [5, 5.41) is 8.47. The highest BCUT2D eigenvalue weighted by Gasteiger charge is 2.23. The van der Waals surface area contributed by atoms with E-state index < -0.39 is 0 Å². The van der Waals surface area contributed by atoms with E-state index >= 15 is 0 Å². The molecule has 1 heterocycles. The number of carbonyl (C=O) groups excluding carboxylic acids is 3. The number of amides is 4. The van der Waals surface area contributed by atoms with Gasteiger partial charge in [-0.2, -0.15) is 0 Å². The van der Waals surface area contributed by atoms with Gasteiger partial charge in [-0.1, -0.05) is 0 Å². The Morgan fingerprint density at radius 3 is 2.14 bits per heavy atom. The largest absolute Gasteiger partial charge is 0.335 e. The molecule has 29 heavy (non-hydrogen) atoms. The molecular weight excluding hydrogens is 368 g/mol. The van der Waals surface area contributed by atoms with Gasteiger partial charge in [0.1, 0.15) is 0 Å². The summed E-state index contributed by atoms with van der Waals surface area (Å²) < 4.78 is 0. The summed E-state index contributed by atoms with van der Waals surface area (Å²) >= 11 is 0. The normalized spacial score (nSPS) is 16.3. The third-order valence-electron chi connectivity index (χ3n) is 5.08. The van der Waals surface area contributed by atoms with Crippen molar-refractivity contribution in [2.75, 3.05) is 22.1 Å². The lowest BCUT2D eigenvalue weighted by Gasteiger charge is -2.26. The molecule has 150 valence electrons. The average molecular weight is 392 g/mol. The molecule has 2 aromatic carbocycles. The van der Waals surface area contributed by atoms with E-state index in [2.05, 4.69) is 16.0 Å². The third-order valence-corrected chi connectivity index (χ3v) is 5.08. The molecule has 2 aliphatic rings. The molecule has 2 aromatic rings. The lowest BCUT2D eigenvalue weighted by molar-refractivity contribution is -0.119. The zero-order chi connectivity index (χ0) is 20.2. The van der Waals surface area contributed by atoms with E-state index in [0.717, 1.165) is 37.9 Å². The summed E-state index contributed by atoms with van der Waals surface area (Å²) in [5.41, 5.74) is 2.64. The van der Waals surface area contributed by atoms with Gasteiger partial charge in [-0.3, -0.25) is 9.59 Å². The van der Waals surface area contributed by atoms with Crippen LogP contribution >= 0.6 is 0 Å². The van der Waals surface area contributed by atoms with Crippen LogP contribution in [0.5, 0.6) is 0 Å². The maximum Gasteiger partial charge on any atom is 0.319 e. The third kappa shape index (κ3) is 4.93. The van der Waals surface area contributed by atoms with Crippen LogP contribution in [0.4, 0.5) is 21.9 Å². The first-order chi connectivity index (χ1) is 14.1. The lowest BCUT2D eigenvalue weighted by atomic mass is 10.1. The van der Waals surface area contributed by atoms with Crippen molar-refractivity contribution in [3.8, 4) is 0 Å². The lowest BCUT2D eigenvalue weighted by Crippen LogP contribution is -2.35. The van der Waals surface area contributed by atoms with Crippen molar-refractivity contribution in [2.24, 2.45) is 0 Å². The highest BCUT2D eigenvalue weighted by atomic mass is 16.2. The number of rotatable bonds is 5. The molecule has 4 rings (SSSR count). The smallest absolute Gasteiger partial charge is 0.319 e. The van der Waals surface area contributed by atoms with E-state index in [0.29, 0.717) is 29.4 Å². The molecule has 1 aliphatic carbocycles. The zero-order valence-electron chi connectivity index (χ0n) is 16.1. The van der Waals surface area contributed by atoms with E-state index in [4.69, 9.17) is 0 Å². The minimum absolute atomic E-state index is 0.132. The second kappa shape index (κ2) is 8.34. The second-order valence-electron chi connectivity index (χ2n) is 7.45. The van der Waals surface area contributed by atoms with Crippen LogP contribution in [0.2, 0.25) is 0 Å². The molecule has 1 saturated heterocycles. The first-order valence-corrected chi connectivity index (χ1v) is 9.98. The van der Waals surface area contributed by atoms with Crippen molar-refractivity contribution in [3.63, 3.8) is 0 Å². The van der Waals surface area contributed by atoms with Crippen molar-refractivity contribution in [2.45, 2.75) is 38.1 Å². The number of benzene rings is 2. The van der Waals surface area contributed by atoms with Crippen molar-refractivity contribution in [3.05, 3.63) is 54.1 Å². The molecule has 3 N–H and O–H groups in total. The highest BCUT2D eigenvalue weighted by molar-refractivity contribution is 6.05. The van der Waals surface area contributed by atoms with Crippen LogP contribution in [0.1, 0.15) is 42.5 Å². The fourth-order valence-corrected chi connectivity index (χ4v) is 3.29. The van der Waals surface area contributed by atoms with Gasteiger partial charge in [0.15, 0.2) is 0 Å².